The number of thioether (sulfide) groups is 1. The molecule has 9 heteroatoms. The number of esters is 1. The van der Waals surface area contributed by atoms with Gasteiger partial charge in [0, 0.05) is 12.6 Å². The Morgan fingerprint density at radius 1 is 1.06 bits per heavy atom. The molecule has 0 bridgehead atoms. The molecule has 172 valence electrons. The Balaban J connectivity index is 1.73. The average Bonchev–Trinajstić information content (AvgIpc) is 3.00. The van der Waals surface area contributed by atoms with Crippen LogP contribution in [0.4, 0.5) is 10.5 Å². The number of hydrogen-bond donors (Lipinski definition) is 1. The molecule has 3 rings (SSSR count). The fourth-order valence-electron chi connectivity index (χ4n) is 3.07. The van der Waals surface area contributed by atoms with E-state index in [2.05, 4.69) is 5.32 Å². The number of benzene rings is 2. The summed E-state index contributed by atoms with van der Waals surface area (Å²) in [7, 11) is 0. The van der Waals surface area contributed by atoms with Gasteiger partial charge in [0.05, 0.1) is 11.5 Å². The second-order valence-electron chi connectivity index (χ2n) is 7.35. The lowest BCUT2D eigenvalue weighted by molar-refractivity contribution is -0.132. The summed E-state index contributed by atoms with van der Waals surface area (Å²) in [6.45, 7) is 6.94. The van der Waals surface area contributed by atoms with Crippen molar-refractivity contribution in [2.75, 3.05) is 18.5 Å². The first-order valence-corrected chi connectivity index (χ1v) is 11.1. The van der Waals surface area contributed by atoms with Crippen LogP contribution in [0.5, 0.6) is 11.5 Å². The second-order valence-corrected chi connectivity index (χ2v) is 8.34. The first-order chi connectivity index (χ1) is 15.7. The van der Waals surface area contributed by atoms with Gasteiger partial charge in [-0.25, -0.2) is 0 Å². The van der Waals surface area contributed by atoms with Crippen LogP contribution >= 0.6 is 11.8 Å². The average molecular weight is 469 g/mol. The van der Waals surface area contributed by atoms with Gasteiger partial charge < -0.3 is 14.8 Å². The van der Waals surface area contributed by atoms with Gasteiger partial charge in [-0.3, -0.25) is 24.1 Å². The molecule has 1 fully saturated rings. The molecule has 1 aliphatic rings. The topological polar surface area (TPSA) is 102 Å². The van der Waals surface area contributed by atoms with Crippen molar-refractivity contribution in [2.45, 2.75) is 27.7 Å². The normalized spacial score (nSPS) is 14.5. The maximum Gasteiger partial charge on any atom is 0.308 e. The smallest absolute Gasteiger partial charge is 0.308 e. The zero-order valence-corrected chi connectivity index (χ0v) is 19.6. The van der Waals surface area contributed by atoms with Crippen LogP contribution in [0, 0.1) is 13.8 Å². The molecule has 1 saturated heterocycles. The number of carbonyl (C=O) groups excluding carboxylic acids is 4. The number of hydrogen-bond acceptors (Lipinski definition) is 7. The van der Waals surface area contributed by atoms with E-state index in [9.17, 15) is 19.2 Å². The minimum absolute atomic E-state index is 0.182. The van der Waals surface area contributed by atoms with Gasteiger partial charge in [-0.15, -0.1) is 0 Å². The van der Waals surface area contributed by atoms with Crippen molar-refractivity contribution in [1.29, 1.82) is 0 Å². The van der Waals surface area contributed by atoms with Crippen LogP contribution < -0.4 is 14.8 Å². The summed E-state index contributed by atoms with van der Waals surface area (Å²) in [5.41, 5.74) is 3.30. The SMILES string of the molecule is CCOc1cc(C=C2SC(=O)N(CC(=O)Nc3ccc(C)c(C)c3)C2=O)ccc1OC(C)=O. The van der Waals surface area contributed by atoms with Gasteiger partial charge in [0.25, 0.3) is 11.1 Å². The van der Waals surface area contributed by atoms with Crippen LogP contribution in [-0.2, 0) is 14.4 Å². The largest absolute Gasteiger partial charge is 0.490 e. The van der Waals surface area contributed by atoms with Gasteiger partial charge in [0.15, 0.2) is 11.5 Å². The van der Waals surface area contributed by atoms with E-state index in [0.717, 1.165) is 27.8 Å². The van der Waals surface area contributed by atoms with Crippen LogP contribution in [0.3, 0.4) is 0 Å². The summed E-state index contributed by atoms with van der Waals surface area (Å²) in [6.07, 6.45) is 1.53. The molecule has 0 unspecified atom stereocenters. The highest BCUT2D eigenvalue weighted by Crippen LogP contribution is 2.34. The predicted octanol–water partition coefficient (Wildman–Crippen LogP) is 4.30. The van der Waals surface area contributed by atoms with Gasteiger partial charge in [0.1, 0.15) is 6.54 Å². The highest BCUT2D eigenvalue weighted by atomic mass is 32.2. The van der Waals surface area contributed by atoms with E-state index >= 15 is 0 Å². The lowest BCUT2D eigenvalue weighted by atomic mass is 10.1. The Hall–Kier alpha value is -3.59. The van der Waals surface area contributed by atoms with Gasteiger partial charge >= 0.3 is 5.97 Å². The van der Waals surface area contributed by atoms with E-state index in [0.29, 0.717) is 23.6 Å². The summed E-state index contributed by atoms with van der Waals surface area (Å²) in [6, 6.07) is 10.3. The fourth-order valence-corrected chi connectivity index (χ4v) is 3.91. The van der Waals surface area contributed by atoms with Crippen LogP contribution in [-0.4, -0.2) is 41.1 Å². The quantitative estimate of drug-likeness (QED) is 0.367. The molecule has 0 aliphatic carbocycles. The van der Waals surface area contributed by atoms with Crippen molar-refractivity contribution >= 4 is 46.5 Å². The number of imide groups is 1. The number of amides is 3. The molecule has 0 spiro atoms. The number of nitrogens with zero attached hydrogens (tertiary/aromatic N) is 1. The summed E-state index contributed by atoms with van der Waals surface area (Å²) in [5.74, 6) is -0.900. The van der Waals surface area contributed by atoms with Crippen molar-refractivity contribution in [2.24, 2.45) is 0 Å². The van der Waals surface area contributed by atoms with E-state index in [4.69, 9.17) is 9.47 Å². The van der Waals surface area contributed by atoms with Crippen molar-refractivity contribution in [1.82, 2.24) is 4.90 Å². The lowest BCUT2D eigenvalue weighted by Crippen LogP contribution is -2.36. The third kappa shape index (κ3) is 6.01. The zero-order chi connectivity index (χ0) is 24.1. The van der Waals surface area contributed by atoms with Crippen molar-refractivity contribution in [3.05, 3.63) is 58.0 Å². The van der Waals surface area contributed by atoms with Crippen LogP contribution in [0.2, 0.25) is 0 Å². The Bertz CT molecular complexity index is 1160. The van der Waals surface area contributed by atoms with E-state index in [-0.39, 0.29) is 17.2 Å². The van der Waals surface area contributed by atoms with Crippen molar-refractivity contribution in [3.8, 4) is 11.5 Å². The molecule has 2 aromatic rings. The molecule has 2 aromatic carbocycles. The second kappa shape index (κ2) is 10.4. The standard InChI is InChI=1S/C24H24N2O6S/c1-5-31-20-11-17(7-9-19(20)32-16(4)27)12-21-23(29)26(24(30)33-21)13-22(28)25-18-8-6-14(2)15(3)10-18/h6-12H,5,13H2,1-4H3,(H,25,28). The van der Waals surface area contributed by atoms with Gasteiger partial charge in [-0.1, -0.05) is 12.1 Å². The Morgan fingerprint density at radius 2 is 1.82 bits per heavy atom. The first-order valence-electron chi connectivity index (χ1n) is 10.3. The van der Waals surface area contributed by atoms with Crippen molar-refractivity contribution < 1.29 is 28.7 Å². The Kier molecular flexibility index (Phi) is 7.55. The third-order valence-corrected chi connectivity index (χ3v) is 5.69. The number of anilines is 1. The first kappa shape index (κ1) is 24.1. The van der Waals surface area contributed by atoms with Crippen LogP contribution in [0.15, 0.2) is 41.3 Å². The predicted molar refractivity (Wildman–Crippen MR) is 126 cm³/mol. The molecule has 1 aliphatic heterocycles. The Labute approximate surface area is 195 Å². The summed E-state index contributed by atoms with van der Waals surface area (Å²) >= 11 is 0.756. The number of carbonyl (C=O) groups is 4. The van der Waals surface area contributed by atoms with Gasteiger partial charge in [-0.05, 0) is 79.6 Å². The van der Waals surface area contributed by atoms with E-state index in [1.165, 1.54) is 13.0 Å². The maximum atomic E-state index is 12.8. The zero-order valence-electron chi connectivity index (χ0n) is 18.8. The third-order valence-electron chi connectivity index (χ3n) is 4.79. The van der Waals surface area contributed by atoms with Crippen molar-refractivity contribution in [3.63, 3.8) is 0 Å². The number of nitrogens with one attached hydrogen (secondary N) is 1. The molecule has 0 aromatic heterocycles. The summed E-state index contributed by atoms with van der Waals surface area (Å²) in [5, 5.41) is 2.19. The number of aryl methyl sites for hydroxylation is 2. The van der Waals surface area contributed by atoms with E-state index in [1.807, 2.05) is 26.0 Å². The molecule has 0 atom stereocenters. The molecule has 33 heavy (non-hydrogen) atoms. The number of rotatable bonds is 7. The van der Waals surface area contributed by atoms with Crippen LogP contribution in [0.1, 0.15) is 30.5 Å². The van der Waals surface area contributed by atoms with E-state index in [1.54, 1.807) is 31.2 Å². The Morgan fingerprint density at radius 3 is 2.48 bits per heavy atom. The highest BCUT2D eigenvalue weighted by molar-refractivity contribution is 8.18. The lowest BCUT2D eigenvalue weighted by Gasteiger charge is -2.13. The fraction of sp³-hybridized carbons (Fsp3) is 0.250. The van der Waals surface area contributed by atoms with Gasteiger partial charge in [0.2, 0.25) is 5.91 Å². The molecule has 3 amide bonds. The maximum absolute atomic E-state index is 12.8. The molecule has 0 radical (unpaired) electrons. The molecule has 1 heterocycles. The molecular weight excluding hydrogens is 444 g/mol. The van der Waals surface area contributed by atoms with Crippen LogP contribution in [0.25, 0.3) is 6.08 Å². The minimum atomic E-state index is -0.553. The molecular formula is C24H24N2O6S. The molecule has 1 N–H and O–H groups in total. The number of ether oxygens (including phenoxy) is 2. The molecule has 8 nitrogen and oxygen atoms in total. The monoisotopic (exact) mass is 468 g/mol. The highest BCUT2D eigenvalue weighted by Gasteiger charge is 2.36. The molecule has 0 saturated carbocycles. The van der Waals surface area contributed by atoms with E-state index < -0.39 is 23.0 Å². The minimum Gasteiger partial charge on any atom is -0.490 e. The van der Waals surface area contributed by atoms with Gasteiger partial charge in [-0.2, -0.15) is 0 Å². The summed E-state index contributed by atoms with van der Waals surface area (Å²) in [4.78, 5) is 49.9. The summed E-state index contributed by atoms with van der Waals surface area (Å²) < 4.78 is 10.6.